The summed E-state index contributed by atoms with van der Waals surface area (Å²) in [6, 6.07) is 1.57. The lowest BCUT2D eigenvalue weighted by Crippen LogP contribution is -2.10. The Morgan fingerprint density at radius 1 is 1.33 bits per heavy atom. The van der Waals surface area contributed by atoms with Crippen molar-refractivity contribution in [2.75, 3.05) is 5.73 Å². The topological polar surface area (TPSA) is 84.7 Å². The lowest BCUT2D eigenvalue weighted by atomic mass is 10.4. The molecule has 2 rings (SSSR count). The molecule has 2 aromatic heterocycles. The van der Waals surface area contributed by atoms with Crippen LogP contribution in [0.5, 0.6) is 0 Å². The highest BCUT2D eigenvalue weighted by atomic mass is 16.1. The number of nitrogens with two attached hydrogens (primary N) is 1. The molecule has 0 saturated carbocycles. The number of nitrogens with zero attached hydrogens (tertiary/aromatic N) is 2. The van der Waals surface area contributed by atoms with Crippen molar-refractivity contribution in [3.8, 4) is 0 Å². The Balaban J connectivity index is 2.99. The number of aromatic nitrogens is 3. The fourth-order valence-corrected chi connectivity index (χ4v) is 1.00. The van der Waals surface area contributed by atoms with Gasteiger partial charge in [-0.3, -0.25) is 9.78 Å². The van der Waals surface area contributed by atoms with E-state index in [9.17, 15) is 4.79 Å². The Morgan fingerprint density at radius 2 is 2.08 bits per heavy atom. The predicted molar refractivity (Wildman–Crippen MR) is 44.6 cm³/mol. The maximum Gasteiger partial charge on any atom is 0.277 e. The maximum absolute atomic E-state index is 11.2. The van der Waals surface area contributed by atoms with Gasteiger partial charge in [-0.15, -0.1) is 0 Å². The average Bonchev–Trinajstić information content (AvgIpc) is 2.04. The number of rotatable bonds is 0. The molecule has 2 heterocycles. The third-order valence-electron chi connectivity index (χ3n) is 1.49. The standard InChI is InChI=1S/C7H6N4O/c8-5-3-4-6(7(12)11-5)10-2-1-9-4/h1-3H,(H3,8,11,12). The number of H-pyrrole nitrogens is 1. The number of nitrogens with one attached hydrogen (secondary N) is 1. The second kappa shape index (κ2) is 2.30. The van der Waals surface area contributed by atoms with Crippen LogP contribution in [0.1, 0.15) is 0 Å². The van der Waals surface area contributed by atoms with E-state index in [4.69, 9.17) is 5.73 Å². The molecule has 0 saturated heterocycles. The van der Waals surface area contributed by atoms with E-state index in [0.29, 0.717) is 16.9 Å². The molecule has 5 heteroatoms. The normalized spacial score (nSPS) is 10.3. The lowest BCUT2D eigenvalue weighted by molar-refractivity contribution is 1.21. The van der Waals surface area contributed by atoms with Crippen molar-refractivity contribution in [3.05, 3.63) is 28.8 Å². The van der Waals surface area contributed by atoms with Crippen molar-refractivity contribution in [1.29, 1.82) is 0 Å². The molecule has 0 bridgehead atoms. The minimum atomic E-state index is -0.307. The van der Waals surface area contributed by atoms with Gasteiger partial charge in [0.2, 0.25) is 0 Å². The van der Waals surface area contributed by atoms with Crippen LogP contribution < -0.4 is 11.3 Å². The molecule has 5 nitrogen and oxygen atoms in total. The van der Waals surface area contributed by atoms with E-state index in [0.717, 1.165) is 0 Å². The van der Waals surface area contributed by atoms with Crippen LogP contribution in [0, 0.1) is 0 Å². The zero-order chi connectivity index (χ0) is 8.55. The predicted octanol–water partition coefficient (Wildman–Crippen LogP) is -0.0997. The first-order chi connectivity index (χ1) is 5.77. The summed E-state index contributed by atoms with van der Waals surface area (Å²) in [4.78, 5) is 21.4. The van der Waals surface area contributed by atoms with Gasteiger partial charge in [-0.2, -0.15) is 0 Å². The molecule has 0 aliphatic rings. The molecule has 12 heavy (non-hydrogen) atoms. The molecule has 0 radical (unpaired) electrons. The second-order valence-electron chi connectivity index (χ2n) is 2.34. The molecule has 0 aliphatic heterocycles. The van der Waals surface area contributed by atoms with E-state index in [1.807, 2.05) is 0 Å². The third-order valence-corrected chi connectivity index (χ3v) is 1.49. The summed E-state index contributed by atoms with van der Waals surface area (Å²) >= 11 is 0. The number of nitrogen functional groups attached to an aromatic ring is 1. The first-order valence-electron chi connectivity index (χ1n) is 3.37. The molecule has 0 fully saturated rings. The largest absolute Gasteiger partial charge is 0.385 e. The van der Waals surface area contributed by atoms with Crippen LogP contribution in [0.15, 0.2) is 23.3 Å². The monoisotopic (exact) mass is 162 g/mol. The molecule has 0 aliphatic carbocycles. The van der Waals surface area contributed by atoms with E-state index >= 15 is 0 Å². The van der Waals surface area contributed by atoms with Crippen LogP contribution in [-0.2, 0) is 0 Å². The van der Waals surface area contributed by atoms with Gasteiger partial charge in [0.15, 0.2) is 5.52 Å². The molecule has 0 unspecified atom stereocenters. The summed E-state index contributed by atoms with van der Waals surface area (Å²) in [5.74, 6) is 0.299. The summed E-state index contributed by atoms with van der Waals surface area (Å²) in [6.07, 6.45) is 2.98. The molecular weight excluding hydrogens is 156 g/mol. The third kappa shape index (κ3) is 0.914. The summed E-state index contributed by atoms with van der Waals surface area (Å²) in [5.41, 5.74) is 5.92. The van der Waals surface area contributed by atoms with Gasteiger partial charge in [0.1, 0.15) is 5.82 Å². The highest BCUT2D eigenvalue weighted by molar-refractivity contribution is 5.74. The minimum Gasteiger partial charge on any atom is -0.385 e. The quantitative estimate of drug-likeness (QED) is 0.566. The van der Waals surface area contributed by atoms with Crippen LogP contribution in [0.3, 0.4) is 0 Å². The van der Waals surface area contributed by atoms with Gasteiger partial charge in [-0.1, -0.05) is 0 Å². The number of fused-ring (bicyclic) bond motifs is 1. The Hall–Kier alpha value is -1.91. The average molecular weight is 162 g/mol. The number of hydrogen-bond donors (Lipinski definition) is 2. The van der Waals surface area contributed by atoms with E-state index in [1.165, 1.54) is 12.4 Å². The van der Waals surface area contributed by atoms with Gasteiger partial charge in [0.05, 0.1) is 5.52 Å². The zero-order valence-electron chi connectivity index (χ0n) is 6.11. The highest BCUT2D eigenvalue weighted by Crippen LogP contribution is 2.03. The fourth-order valence-electron chi connectivity index (χ4n) is 1.00. The van der Waals surface area contributed by atoms with E-state index < -0.39 is 0 Å². The molecule has 60 valence electrons. The van der Waals surface area contributed by atoms with Gasteiger partial charge in [0, 0.05) is 18.5 Å². The summed E-state index contributed by atoms with van der Waals surface area (Å²) < 4.78 is 0. The number of aromatic amines is 1. The second-order valence-corrected chi connectivity index (χ2v) is 2.34. The van der Waals surface area contributed by atoms with Crippen LogP contribution in [0.4, 0.5) is 5.82 Å². The van der Waals surface area contributed by atoms with Gasteiger partial charge in [-0.25, -0.2) is 4.98 Å². The molecular formula is C7H6N4O. The van der Waals surface area contributed by atoms with Crippen LogP contribution in [0.25, 0.3) is 11.0 Å². The summed E-state index contributed by atoms with van der Waals surface area (Å²) in [7, 11) is 0. The van der Waals surface area contributed by atoms with E-state index in [1.54, 1.807) is 6.07 Å². The van der Waals surface area contributed by atoms with Crippen molar-refractivity contribution in [3.63, 3.8) is 0 Å². The van der Waals surface area contributed by atoms with E-state index in [-0.39, 0.29) is 5.56 Å². The molecule has 3 N–H and O–H groups in total. The van der Waals surface area contributed by atoms with Crippen molar-refractivity contribution < 1.29 is 0 Å². The maximum atomic E-state index is 11.2. The Labute approximate surface area is 67.3 Å². The van der Waals surface area contributed by atoms with Gasteiger partial charge in [-0.05, 0) is 0 Å². The smallest absolute Gasteiger partial charge is 0.277 e. The number of hydrogen-bond acceptors (Lipinski definition) is 4. The molecule has 0 spiro atoms. The first kappa shape index (κ1) is 6.78. The summed E-state index contributed by atoms with van der Waals surface area (Å²) in [5, 5.41) is 0. The Morgan fingerprint density at radius 3 is 2.92 bits per heavy atom. The zero-order valence-corrected chi connectivity index (χ0v) is 6.11. The van der Waals surface area contributed by atoms with Crippen molar-refractivity contribution in [2.24, 2.45) is 0 Å². The Bertz CT molecular complexity index is 476. The van der Waals surface area contributed by atoms with Crippen molar-refractivity contribution in [1.82, 2.24) is 15.0 Å². The van der Waals surface area contributed by atoms with Crippen LogP contribution >= 0.6 is 0 Å². The first-order valence-corrected chi connectivity index (χ1v) is 3.37. The van der Waals surface area contributed by atoms with Gasteiger partial charge < -0.3 is 10.7 Å². The lowest BCUT2D eigenvalue weighted by Gasteiger charge is -1.95. The SMILES string of the molecule is Nc1cc2nccnc2c(=O)[nH]1. The minimum absolute atomic E-state index is 0.299. The van der Waals surface area contributed by atoms with E-state index in [2.05, 4.69) is 15.0 Å². The van der Waals surface area contributed by atoms with Gasteiger partial charge >= 0.3 is 0 Å². The summed E-state index contributed by atoms with van der Waals surface area (Å²) in [6.45, 7) is 0. The van der Waals surface area contributed by atoms with Crippen molar-refractivity contribution in [2.45, 2.75) is 0 Å². The van der Waals surface area contributed by atoms with Gasteiger partial charge in [0.25, 0.3) is 5.56 Å². The Kier molecular flexibility index (Phi) is 1.30. The van der Waals surface area contributed by atoms with Crippen LogP contribution in [0.2, 0.25) is 0 Å². The number of pyridine rings is 1. The molecule has 0 aromatic carbocycles. The van der Waals surface area contributed by atoms with Crippen molar-refractivity contribution >= 4 is 16.9 Å². The molecule has 0 amide bonds. The highest BCUT2D eigenvalue weighted by Gasteiger charge is 1.99. The number of anilines is 1. The fraction of sp³-hybridized carbons (Fsp3) is 0. The molecule has 0 atom stereocenters. The molecule has 2 aromatic rings. The van der Waals surface area contributed by atoms with Crippen LogP contribution in [-0.4, -0.2) is 15.0 Å².